The molecule has 0 aliphatic carbocycles. The van der Waals surface area contributed by atoms with Gasteiger partial charge in [0.15, 0.2) is 0 Å². The van der Waals surface area contributed by atoms with Crippen molar-refractivity contribution in [3.8, 4) is 0 Å². The van der Waals surface area contributed by atoms with E-state index in [2.05, 4.69) is 9.62 Å². The molecular weight excluding hydrogens is 290 g/mol. The Morgan fingerprint density at radius 2 is 2.05 bits per heavy atom. The minimum absolute atomic E-state index is 0.252. The summed E-state index contributed by atoms with van der Waals surface area (Å²) in [6.07, 6.45) is 2.11. The lowest BCUT2D eigenvalue weighted by atomic mass is 10.1. The molecule has 1 heterocycles. The number of hydrogen-bond donors (Lipinski definition) is 2. The van der Waals surface area contributed by atoms with Gasteiger partial charge in [0, 0.05) is 26.7 Å². The Balaban J connectivity index is 2.24. The van der Waals surface area contributed by atoms with Gasteiger partial charge in [0.25, 0.3) is 0 Å². The average molecular weight is 313 g/mol. The number of methoxy groups -OCH3 is 1. The highest BCUT2D eigenvalue weighted by molar-refractivity contribution is 7.89. The molecular formula is C14H23N3O3S. The summed E-state index contributed by atoms with van der Waals surface area (Å²) in [4.78, 5) is 2.37. The lowest BCUT2D eigenvalue weighted by Crippen LogP contribution is -2.37. The number of benzene rings is 1. The normalized spacial score (nSPS) is 17.1. The van der Waals surface area contributed by atoms with Gasteiger partial charge in [-0.25, -0.2) is 13.1 Å². The molecule has 21 heavy (non-hydrogen) atoms. The molecule has 0 amide bonds. The van der Waals surface area contributed by atoms with Gasteiger partial charge in [-0.2, -0.15) is 0 Å². The second kappa shape index (κ2) is 6.64. The van der Waals surface area contributed by atoms with Crippen molar-refractivity contribution in [2.24, 2.45) is 0 Å². The van der Waals surface area contributed by atoms with E-state index in [0.717, 1.165) is 31.6 Å². The van der Waals surface area contributed by atoms with Crippen LogP contribution in [-0.2, 0) is 14.8 Å². The highest BCUT2D eigenvalue weighted by Gasteiger charge is 2.22. The van der Waals surface area contributed by atoms with Crippen LogP contribution in [0.3, 0.4) is 0 Å². The standard InChI is InChI=1S/C14H23N3O3S/c1-3-16-21(18,19)12-4-5-13(15)14(10-12)17-8-6-11(20-2)7-9-17/h4-5,10-11,16H,3,6-9,15H2,1-2H3. The maximum atomic E-state index is 12.1. The third kappa shape index (κ3) is 3.66. The molecule has 1 aliphatic rings. The van der Waals surface area contributed by atoms with Crippen molar-refractivity contribution >= 4 is 21.4 Å². The molecule has 2 rings (SSSR count). The molecule has 1 aliphatic heterocycles. The molecule has 1 aromatic rings. The number of nitrogens with two attached hydrogens (primary N) is 1. The summed E-state index contributed by atoms with van der Waals surface area (Å²) in [7, 11) is -1.74. The maximum absolute atomic E-state index is 12.1. The molecule has 0 saturated carbocycles. The average Bonchev–Trinajstić information content (AvgIpc) is 2.47. The molecule has 6 nitrogen and oxygen atoms in total. The molecule has 7 heteroatoms. The SMILES string of the molecule is CCNS(=O)(=O)c1ccc(N)c(N2CCC(OC)CC2)c1. The second-order valence-corrected chi connectivity index (χ2v) is 6.91. The van der Waals surface area contributed by atoms with Gasteiger partial charge in [-0.3, -0.25) is 0 Å². The van der Waals surface area contributed by atoms with Crippen LogP contribution < -0.4 is 15.4 Å². The largest absolute Gasteiger partial charge is 0.397 e. The first-order valence-electron chi connectivity index (χ1n) is 7.15. The number of nitrogens with one attached hydrogen (secondary N) is 1. The first-order chi connectivity index (χ1) is 9.97. The number of nitrogens with zero attached hydrogens (tertiary/aromatic N) is 1. The van der Waals surface area contributed by atoms with Crippen molar-refractivity contribution < 1.29 is 13.2 Å². The smallest absolute Gasteiger partial charge is 0.240 e. The van der Waals surface area contributed by atoms with Crippen molar-refractivity contribution in [1.29, 1.82) is 0 Å². The molecule has 3 N–H and O–H groups in total. The number of sulfonamides is 1. The number of hydrogen-bond acceptors (Lipinski definition) is 5. The zero-order valence-electron chi connectivity index (χ0n) is 12.5. The van der Waals surface area contributed by atoms with E-state index >= 15 is 0 Å². The van der Waals surface area contributed by atoms with Crippen molar-refractivity contribution in [2.75, 3.05) is 37.4 Å². The monoisotopic (exact) mass is 313 g/mol. The summed E-state index contributed by atoms with van der Waals surface area (Å²) in [5, 5.41) is 0. The van der Waals surface area contributed by atoms with Crippen LogP contribution in [0.15, 0.2) is 23.1 Å². The second-order valence-electron chi connectivity index (χ2n) is 5.14. The van der Waals surface area contributed by atoms with Crippen LogP contribution in [0.2, 0.25) is 0 Å². The van der Waals surface area contributed by atoms with E-state index < -0.39 is 10.0 Å². The Bertz CT molecular complexity index is 581. The molecule has 0 aromatic heterocycles. The van der Waals surface area contributed by atoms with E-state index in [-0.39, 0.29) is 11.0 Å². The van der Waals surface area contributed by atoms with Gasteiger partial charge in [-0.1, -0.05) is 6.92 Å². The molecule has 0 spiro atoms. The molecule has 118 valence electrons. The first kappa shape index (κ1) is 16.1. The first-order valence-corrected chi connectivity index (χ1v) is 8.63. The predicted octanol–water partition coefficient (Wildman–Crippen LogP) is 1.18. The van der Waals surface area contributed by atoms with Gasteiger partial charge in [0.2, 0.25) is 10.0 Å². The summed E-state index contributed by atoms with van der Waals surface area (Å²) >= 11 is 0. The molecule has 1 saturated heterocycles. The van der Waals surface area contributed by atoms with Gasteiger partial charge in [-0.05, 0) is 31.0 Å². The highest BCUT2D eigenvalue weighted by Crippen LogP contribution is 2.29. The fourth-order valence-corrected chi connectivity index (χ4v) is 3.63. The Labute approximate surface area is 126 Å². The molecule has 0 atom stereocenters. The van der Waals surface area contributed by atoms with Crippen molar-refractivity contribution in [1.82, 2.24) is 4.72 Å². The van der Waals surface area contributed by atoms with Gasteiger partial charge >= 0.3 is 0 Å². The van der Waals surface area contributed by atoms with Crippen LogP contribution in [0.25, 0.3) is 0 Å². The highest BCUT2D eigenvalue weighted by atomic mass is 32.2. The van der Waals surface area contributed by atoms with Crippen LogP contribution in [0.1, 0.15) is 19.8 Å². The summed E-state index contributed by atoms with van der Waals surface area (Å²) in [5.41, 5.74) is 7.40. The van der Waals surface area contributed by atoms with Crippen LogP contribution in [0.5, 0.6) is 0 Å². The lowest BCUT2D eigenvalue weighted by Gasteiger charge is -2.33. The number of anilines is 2. The molecule has 0 bridgehead atoms. The van der Waals surface area contributed by atoms with Gasteiger partial charge in [0.05, 0.1) is 22.4 Å². The number of nitrogen functional groups attached to an aromatic ring is 1. The van der Waals surface area contributed by atoms with E-state index in [4.69, 9.17) is 10.5 Å². The zero-order chi connectivity index (χ0) is 15.5. The maximum Gasteiger partial charge on any atom is 0.240 e. The van der Waals surface area contributed by atoms with Crippen molar-refractivity contribution in [3.05, 3.63) is 18.2 Å². The molecule has 0 radical (unpaired) electrons. The van der Waals surface area contributed by atoms with Gasteiger partial charge in [0.1, 0.15) is 0 Å². The predicted molar refractivity (Wildman–Crippen MR) is 84.0 cm³/mol. The quantitative estimate of drug-likeness (QED) is 0.798. The van der Waals surface area contributed by atoms with Crippen molar-refractivity contribution in [3.63, 3.8) is 0 Å². The van der Waals surface area contributed by atoms with E-state index in [1.807, 2.05) is 0 Å². The van der Waals surface area contributed by atoms with E-state index in [1.54, 1.807) is 32.2 Å². The third-order valence-corrected chi connectivity index (χ3v) is 5.31. The summed E-state index contributed by atoms with van der Waals surface area (Å²) in [5.74, 6) is 0. The summed E-state index contributed by atoms with van der Waals surface area (Å²) < 4.78 is 32.0. The zero-order valence-corrected chi connectivity index (χ0v) is 13.3. The lowest BCUT2D eigenvalue weighted by molar-refractivity contribution is 0.0819. The fraction of sp³-hybridized carbons (Fsp3) is 0.571. The van der Waals surface area contributed by atoms with Crippen LogP contribution in [-0.4, -0.2) is 41.3 Å². The Morgan fingerprint density at radius 3 is 2.62 bits per heavy atom. The molecule has 0 unspecified atom stereocenters. The Hall–Kier alpha value is -1.31. The number of piperidine rings is 1. The van der Waals surface area contributed by atoms with Gasteiger partial charge < -0.3 is 15.4 Å². The van der Waals surface area contributed by atoms with Crippen LogP contribution in [0, 0.1) is 0 Å². The third-order valence-electron chi connectivity index (χ3n) is 3.76. The van der Waals surface area contributed by atoms with Crippen LogP contribution in [0.4, 0.5) is 11.4 Å². The number of ether oxygens (including phenoxy) is 1. The minimum atomic E-state index is -3.46. The van der Waals surface area contributed by atoms with Crippen molar-refractivity contribution in [2.45, 2.75) is 30.8 Å². The minimum Gasteiger partial charge on any atom is -0.397 e. The number of rotatable bonds is 5. The van der Waals surface area contributed by atoms with E-state index in [0.29, 0.717) is 12.2 Å². The van der Waals surface area contributed by atoms with E-state index in [9.17, 15) is 8.42 Å². The molecule has 1 aromatic carbocycles. The molecule has 1 fully saturated rings. The topological polar surface area (TPSA) is 84.7 Å². The Kier molecular flexibility index (Phi) is 5.08. The Morgan fingerprint density at radius 1 is 1.38 bits per heavy atom. The summed E-state index contributed by atoms with van der Waals surface area (Å²) in [6, 6.07) is 4.85. The van der Waals surface area contributed by atoms with Crippen LogP contribution >= 0.6 is 0 Å². The fourth-order valence-electron chi connectivity index (χ4n) is 2.57. The van der Waals surface area contributed by atoms with Gasteiger partial charge in [-0.15, -0.1) is 0 Å². The summed E-state index contributed by atoms with van der Waals surface area (Å²) in [6.45, 7) is 3.74. The van der Waals surface area contributed by atoms with E-state index in [1.165, 1.54) is 0 Å².